The molecule has 0 aromatic heterocycles. The highest BCUT2D eigenvalue weighted by atomic mass is 35.5. The lowest BCUT2D eigenvalue weighted by Crippen LogP contribution is -2.41. The van der Waals surface area contributed by atoms with E-state index in [4.69, 9.17) is 16.3 Å². The van der Waals surface area contributed by atoms with E-state index in [-0.39, 0.29) is 29.0 Å². The van der Waals surface area contributed by atoms with Gasteiger partial charge in [-0.15, -0.1) is 0 Å². The quantitative estimate of drug-likeness (QED) is 0.343. The predicted molar refractivity (Wildman–Crippen MR) is 142 cm³/mol. The Morgan fingerprint density at radius 3 is 2.16 bits per heavy atom. The molecular weight excluding hydrogens is 515 g/mol. The average Bonchev–Trinajstić information content (AvgIpc) is 3.56. The number of fused-ring (bicyclic) bond motifs is 1. The lowest BCUT2D eigenvalue weighted by atomic mass is 9.79. The first kappa shape index (κ1) is 28.5. The second-order valence-electron chi connectivity index (χ2n) is 11.8. The molecule has 0 bridgehead atoms. The molecule has 38 heavy (non-hydrogen) atoms. The van der Waals surface area contributed by atoms with Crippen LogP contribution in [0, 0.1) is 23.7 Å². The average molecular weight is 550 g/mol. The van der Waals surface area contributed by atoms with E-state index < -0.39 is 35.4 Å². The first-order valence-electron chi connectivity index (χ1n) is 13.2. The minimum atomic E-state index is -4.52. The van der Waals surface area contributed by atoms with E-state index in [1.807, 2.05) is 51.1 Å². The molecule has 0 heterocycles. The molecule has 2 aliphatic carbocycles. The molecule has 0 spiro atoms. The van der Waals surface area contributed by atoms with Crippen LogP contribution in [0.5, 0.6) is 0 Å². The Kier molecular flexibility index (Phi) is 8.17. The summed E-state index contributed by atoms with van der Waals surface area (Å²) in [4.78, 5) is 26.1. The number of amides is 1. The van der Waals surface area contributed by atoms with Gasteiger partial charge in [-0.05, 0) is 93.0 Å². The van der Waals surface area contributed by atoms with Crippen molar-refractivity contribution in [3.8, 4) is 0 Å². The summed E-state index contributed by atoms with van der Waals surface area (Å²) in [5.41, 5.74) is 2.44. The van der Waals surface area contributed by atoms with Crippen molar-refractivity contribution in [2.24, 2.45) is 23.7 Å². The summed E-state index contributed by atoms with van der Waals surface area (Å²) in [5.74, 6) is -4.39. The largest absolute Gasteiger partial charge is 0.460 e. The van der Waals surface area contributed by atoms with Gasteiger partial charge in [0, 0.05) is 0 Å². The number of halogens is 4. The van der Waals surface area contributed by atoms with Crippen LogP contribution < -0.4 is 5.32 Å². The van der Waals surface area contributed by atoms with Gasteiger partial charge >= 0.3 is 12.1 Å². The molecule has 1 N–H and O–H groups in total. The highest BCUT2D eigenvalue weighted by Crippen LogP contribution is 2.46. The van der Waals surface area contributed by atoms with Gasteiger partial charge in [0.2, 0.25) is 5.91 Å². The Morgan fingerprint density at radius 2 is 1.63 bits per heavy atom. The second kappa shape index (κ2) is 10.9. The molecular formula is C30H35ClF3NO3. The van der Waals surface area contributed by atoms with Crippen LogP contribution in [0.15, 0.2) is 42.5 Å². The summed E-state index contributed by atoms with van der Waals surface area (Å²) in [7, 11) is 0. The van der Waals surface area contributed by atoms with Crippen molar-refractivity contribution < 1.29 is 27.5 Å². The maximum absolute atomic E-state index is 13.9. The minimum absolute atomic E-state index is 0.119. The Hall–Kier alpha value is -2.54. The number of hydrogen-bond acceptors (Lipinski definition) is 3. The number of benzene rings is 2. The number of alkyl halides is 3. The number of ether oxygens (including phenoxy) is 1. The lowest BCUT2D eigenvalue weighted by Gasteiger charge is -2.30. The summed E-state index contributed by atoms with van der Waals surface area (Å²) in [6.07, 6.45) is -1.54. The van der Waals surface area contributed by atoms with Gasteiger partial charge in [-0.2, -0.15) is 13.2 Å². The molecule has 2 aromatic carbocycles. The van der Waals surface area contributed by atoms with Crippen molar-refractivity contribution in [1.82, 2.24) is 0 Å². The van der Waals surface area contributed by atoms with Gasteiger partial charge in [0.1, 0.15) is 5.60 Å². The maximum Gasteiger partial charge on any atom is 0.392 e. The van der Waals surface area contributed by atoms with Crippen molar-refractivity contribution in [2.75, 3.05) is 5.32 Å². The molecule has 0 saturated heterocycles. The zero-order valence-electron chi connectivity index (χ0n) is 22.2. The van der Waals surface area contributed by atoms with Crippen LogP contribution in [-0.2, 0) is 27.2 Å². The topological polar surface area (TPSA) is 55.4 Å². The molecule has 2 aromatic rings. The van der Waals surface area contributed by atoms with Crippen molar-refractivity contribution in [1.29, 1.82) is 0 Å². The normalized spacial score (nSPS) is 18.4. The van der Waals surface area contributed by atoms with Crippen LogP contribution in [0.3, 0.4) is 0 Å². The summed E-state index contributed by atoms with van der Waals surface area (Å²) >= 11 is 6.41. The summed E-state index contributed by atoms with van der Waals surface area (Å²) in [6.45, 7) is 6.52. The van der Waals surface area contributed by atoms with Crippen LogP contribution in [0.4, 0.5) is 18.9 Å². The van der Waals surface area contributed by atoms with E-state index in [0.717, 1.165) is 36.5 Å². The number of anilines is 1. The number of rotatable bonds is 8. The van der Waals surface area contributed by atoms with Crippen LogP contribution in [0.2, 0.25) is 5.02 Å². The molecule has 8 heteroatoms. The minimum Gasteiger partial charge on any atom is -0.460 e. The molecule has 1 unspecified atom stereocenters. The number of nitrogens with one attached hydrogen (secondary N) is 1. The Balaban J connectivity index is 1.57. The zero-order valence-corrected chi connectivity index (χ0v) is 23.0. The molecule has 0 radical (unpaired) electrons. The van der Waals surface area contributed by atoms with Crippen LogP contribution in [0.25, 0.3) is 0 Å². The van der Waals surface area contributed by atoms with E-state index >= 15 is 0 Å². The highest BCUT2D eigenvalue weighted by Gasteiger charge is 2.48. The van der Waals surface area contributed by atoms with Crippen molar-refractivity contribution in [3.05, 3.63) is 64.2 Å². The van der Waals surface area contributed by atoms with Gasteiger partial charge in [-0.3, -0.25) is 9.59 Å². The summed E-state index contributed by atoms with van der Waals surface area (Å²) < 4.78 is 47.3. The molecule has 0 aliphatic heterocycles. The first-order chi connectivity index (χ1) is 17.7. The number of carbonyl (C=O) groups excluding carboxylic acids is 2. The lowest BCUT2D eigenvalue weighted by molar-refractivity contribution is -0.190. The molecule has 1 saturated carbocycles. The molecule has 4 nitrogen and oxygen atoms in total. The number of hydrogen-bond donors (Lipinski definition) is 1. The van der Waals surface area contributed by atoms with Crippen LogP contribution in [0.1, 0.15) is 69.6 Å². The predicted octanol–water partition coefficient (Wildman–Crippen LogP) is 7.73. The van der Waals surface area contributed by atoms with Crippen molar-refractivity contribution in [2.45, 2.75) is 77.5 Å². The van der Waals surface area contributed by atoms with E-state index in [9.17, 15) is 22.8 Å². The zero-order chi connectivity index (χ0) is 27.8. The van der Waals surface area contributed by atoms with E-state index in [2.05, 4.69) is 5.32 Å². The van der Waals surface area contributed by atoms with Gasteiger partial charge in [0.15, 0.2) is 0 Å². The van der Waals surface area contributed by atoms with E-state index in [0.29, 0.717) is 18.8 Å². The van der Waals surface area contributed by atoms with E-state index in [1.54, 1.807) is 12.1 Å². The molecule has 4 rings (SSSR count). The highest BCUT2D eigenvalue weighted by molar-refractivity contribution is 6.33. The standard InChI is InChI=1S/C30H35ClF3NO3/c1-17(30(32,33)34)27(22-13-19-7-5-6-8-20(19)14-22)28(37)35-25-15-21(11-12-24(25)31)23(18-9-10-18)16-26(36)38-29(2,3)4/h5-8,11-12,15,17-18,22-23,27H,9-10,13-14,16H2,1-4H3,(H,35,37)/t17-,23+,27?/m1/s1. The third kappa shape index (κ3) is 6.90. The smallest absolute Gasteiger partial charge is 0.392 e. The Morgan fingerprint density at radius 1 is 1.03 bits per heavy atom. The van der Waals surface area contributed by atoms with Gasteiger partial charge in [-0.1, -0.05) is 48.9 Å². The fraction of sp³-hybridized carbons (Fsp3) is 0.533. The third-order valence-electron chi connectivity index (χ3n) is 7.62. The van der Waals surface area contributed by atoms with Gasteiger partial charge in [0.25, 0.3) is 0 Å². The monoisotopic (exact) mass is 549 g/mol. The number of esters is 1. The van der Waals surface area contributed by atoms with Crippen molar-refractivity contribution in [3.63, 3.8) is 0 Å². The van der Waals surface area contributed by atoms with Crippen LogP contribution >= 0.6 is 11.6 Å². The third-order valence-corrected chi connectivity index (χ3v) is 7.95. The van der Waals surface area contributed by atoms with Gasteiger partial charge in [-0.25, -0.2) is 0 Å². The second-order valence-corrected chi connectivity index (χ2v) is 12.2. The molecule has 2 aliphatic rings. The SMILES string of the molecule is C[C@H](C(C(=O)Nc1cc([C@@H](CC(=O)OC(C)(C)C)C2CC2)ccc1Cl)C1Cc2ccccc2C1)C(F)(F)F. The van der Waals surface area contributed by atoms with Gasteiger partial charge in [0.05, 0.1) is 29.0 Å². The fourth-order valence-corrected chi connectivity index (χ4v) is 5.77. The Bertz CT molecular complexity index is 1160. The molecule has 1 amide bonds. The first-order valence-corrected chi connectivity index (χ1v) is 13.6. The molecule has 206 valence electrons. The molecule has 1 fully saturated rings. The van der Waals surface area contributed by atoms with Crippen molar-refractivity contribution >= 4 is 29.2 Å². The van der Waals surface area contributed by atoms with Gasteiger partial charge < -0.3 is 10.1 Å². The Labute approximate surface area is 227 Å². The summed E-state index contributed by atoms with van der Waals surface area (Å²) in [5, 5.41) is 2.96. The van der Waals surface area contributed by atoms with Crippen LogP contribution in [-0.4, -0.2) is 23.7 Å². The fourth-order valence-electron chi connectivity index (χ4n) is 5.60. The molecule has 3 atom stereocenters. The maximum atomic E-state index is 13.9. The number of carbonyl (C=O) groups is 2. The van der Waals surface area contributed by atoms with E-state index in [1.165, 1.54) is 0 Å². The summed E-state index contributed by atoms with van der Waals surface area (Å²) in [6, 6.07) is 12.7.